The Morgan fingerprint density at radius 2 is 1.89 bits per heavy atom. The highest BCUT2D eigenvalue weighted by Gasteiger charge is 2.49. The molecule has 2 rings (SSSR count). The minimum atomic E-state index is -1.05. The minimum Gasteiger partial charge on any atom is -0.479 e. The quantitative estimate of drug-likeness (QED) is 0.802. The molecule has 2 aliphatic rings. The zero-order valence-corrected chi connectivity index (χ0v) is 11.9. The number of hydrogen-bond donors (Lipinski definition) is 1. The van der Waals surface area contributed by atoms with E-state index in [0.717, 1.165) is 6.42 Å². The number of carbonyl (C=O) groups is 2. The Hall–Kier alpha value is -1.11. The maximum Gasteiger partial charge on any atom is 0.329 e. The summed E-state index contributed by atoms with van der Waals surface area (Å²) in [5.41, 5.74) is -1.05. The number of likely N-dealkylation sites (tertiary alicyclic amines) is 1. The first kappa shape index (κ1) is 14.3. The van der Waals surface area contributed by atoms with Gasteiger partial charge in [0.05, 0.1) is 0 Å². The molecule has 2 heterocycles. The van der Waals surface area contributed by atoms with Gasteiger partial charge in [0, 0.05) is 41.9 Å². The summed E-state index contributed by atoms with van der Waals surface area (Å²) in [7, 11) is -0.837. The van der Waals surface area contributed by atoms with Gasteiger partial charge in [-0.05, 0) is 19.3 Å². The van der Waals surface area contributed by atoms with E-state index in [1.807, 2.05) is 6.92 Å². The summed E-state index contributed by atoms with van der Waals surface area (Å²) in [6.45, 7) is 3.23. The van der Waals surface area contributed by atoms with Crippen molar-refractivity contribution in [2.45, 2.75) is 31.7 Å². The Kier molecular flexibility index (Phi) is 4.13. The lowest BCUT2D eigenvalue weighted by Crippen LogP contribution is -2.58. The van der Waals surface area contributed by atoms with Crippen LogP contribution in [0.1, 0.15) is 26.2 Å². The fourth-order valence-corrected chi connectivity index (χ4v) is 3.95. The number of hydrogen-bond acceptors (Lipinski definition) is 3. The first-order valence-corrected chi connectivity index (χ1v) is 8.15. The van der Waals surface area contributed by atoms with Crippen LogP contribution in [0.15, 0.2) is 0 Å². The van der Waals surface area contributed by atoms with Crippen molar-refractivity contribution in [3.05, 3.63) is 0 Å². The summed E-state index contributed by atoms with van der Waals surface area (Å²) in [5.74, 6) is 0.0683. The van der Waals surface area contributed by atoms with Gasteiger partial charge in [-0.1, -0.05) is 6.92 Å². The summed E-state index contributed by atoms with van der Waals surface area (Å²) >= 11 is 0. The fraction of sp³-hybridized carbons (Fsp3) is 0.833. The molecule has 1 N–H and O–H groups in total. The third kappa shape index (κ3) is 2.48. The van der Waals surface area contributed by atoms with Crippen molar-refractivity contribution in [3.8, 4) is 0 Å². The highest BCUT2D eigenvalue weighted by Crippen LogP contribution is 2.33. The van der Waals surface area contributed by atoms with Crippen molar-refractivity contribution < 1.29 is 18.9 Å². The third-order valence-electron chi connectivity index (χ3n) is 4.15. The van der Waals surface area contributed by atoms with Crippen LogP contribution in [0.25, 0.3) is 0 Å². The average molecular weight is 288 g/mol. The van der Waals surface area contributed by atoms with E-state index in [-0.39, 0.29) is 6.03 Å². The van der Waals surface area contributed by atoms with Gasteiger partial charge in [-0.3, -0.25) is 4.21 Å². The molecule has 2 aliphatic heterocycles. The monoisotopic (exact) mass is 288 g/mol. The molecule has 108 valence electrons. The van der Waals surface area contributed by atoms with Gasteiger partial charge in [-0.15, -0.1) is 0 Å². The summed E-state index contributed by atoms with van der Waals surface area (Å²) in [6, 6.07) is -0.210. The van der Waals surface area contributed by atoms with Crippen LogP contribution in [0.3, 0.4) is 0 Å². The van der Waals surface area contributed by atoms with Gasteiger partial charge in [-0.25, -0.2) is 9.59 Å². The maximum atomic E-state index is 12.5. The molecule has 0 spiro atoms. The van der Waals surface area contributed by atoms with E-state index >= 15 is 0 Å². The molecule has 0 saturated carbocycles. The number of carboxylic acids is 1. The molecular weight excluding hydrogens is 268 g/mol. The predicted molar refractivity (Wildman–Crippen MR) is 71.4 cm³/mol. The highest BCUT2D eigenvalue weighted by atomic mass is 32.2. The van der Waals surface area contributed by atoms with Crippen LogP contribution in [0.2, 0.25) is 0 Å². The summed E-state index contributed by atoms with van der Waals surface area (Å²) in [6.07, 6.45) is 1.67. The number of urea groups is 1. The molecule has 1 atom stereocenters. The molecule has 1 unspecified atom stereocenters. The molecule has 0 aromatic rings. The van der Waals surface area contributed by atoms with Crippen LogP contribution in [-0.2, 0) is 15.6 Å². The third-order valence-corrected chi connectivity index (χ3v) is 5.43. The molecule has 0 aromatic carbocycles. The first-order chi connectivity index (χ1) is 9.01. The summed E-state index contributed by atoms with van der Waals surface area (Å²) in [4.78, 5) is 27.2. The van der Waals surface area contributed by atoms with Crippen LogP contribution >= 0.6 is 0 Å². The second-order valence-electron chi connectivity index (χ2n) is 5.06. The molecule has 0 bridgehead atoms. The number of aliphatic carboxylic acids is 1. The number of carboxylic acid groups (broad SMARTS) is 1. The summed E-state index contributed by atoms with van der Waals surface area (Å²) in [5, 5.41) is 9.46. The van der Waals surface area contributed by atoms with Crippen molar-refractivity contribution >= 4 is 22.8 Å². The van der Waals surface area contributed by atoms with E-state index in [4.69, 9.17) is 0 Å². The second kappa shape index (κ2) is 5.48. The molecule has 2 amide bonds. The van der Waals surface area contributed by atoms with E-state index in [0.29, 0.717) is 44.0 Å². The SMILES string of the molecule is CCC1(C(=O)O)CCCN1C(=O)N1CCS(=O)CC1. The van der Waals surface area contributed by atoms with Crippen LogP contribution in [0.4, 0.5) is 4.79 Å². The molecular formula is C12H20N2O4S. The highest BCUT2D eigenvalue weighted by molar-refractivity contribution is 7.85. The zero-order chi connectivity index (χ0) is 14.0. The molecule has 0 radical (unpaired) electrons. The Morgan fingerprint density at radius 3 is 2.42 bits per heavy atom. The minimum absolute atomic E-state index is 0.210. The normalized spacial score (nSPS) is 28.7. The van der Waals surface area contributed by atoms with Crippen molar-refractivity contribution in [1.82, 2.24) is 9.80 Å². The van der Waals surface area contributed by atoms with Gasteiger partial charge in [0.15, 0.2) is 0 Å². The van der Waals surface area contributed by atoms with Crippen LogP contribution in [-0.4, -0.2) is 67.8 Å². The van der Waals surface area contributed by atoms with E-state index in [9.17, 15) is 18.9 Å². The largest absolute Gasteiger partial charge is 0.479 e. The lowest BCUT2D eigenvalue weighted by molar-refractivity contribution is -0.148. The standard InChI is InChI=1S/C12H20N2O4S/c1-2-12(10(15)16)4-3-5-14(12)11(17)13-6-8-19(18)9-7-13/h2-9H2,1H3,(H,15,16). The molecule has 6 nitrogen and oxygen atoms in total. The van der Waals surface area contributed by atoms with Gasteiger partial charge in [0.2, 0.25) is 0 Å². The van der Waals surface area contributed by atoms with Crippen molar-refractivity contribution in [2.24, 2.45) is 0 Å². The molecule has 2 fully saturated rings. The van der Waals surface area contributed by atoms with E-state index < -0.39 is 22.3 Å². The van der Waals surface area contributed by atoms with Crippen LogP contribution in [0.5, 0.6) is 0 Å². The van der Waals surface area contributed by atoms with E-state index in [1.54, 1.807) is 4.90 Å². The Bertz CT molecular complexity index is 405. The first-order valence-electron chi connectivity index (χ1n) is 6.66. The van der Waals surface area contributed by atoms with Gasteiger partial charge in [0.25, 0.3) is 0 Å². The van der Waals surface area contributed by atoms with Gasteiger partial charge < -0.3 is 14.9 Å². The Morgan fingerprint density at radius 1 is 1.26 bits per heavy atom. The second-order valence-corrected chi connectivity index (χ2v) is 6.76. The van der Waals surface area contributed by atoms with Crippen molar-refractivity contribution in [2.75, 3.05) is 31.1 Å². The number of amides is 2. The van der Waals surface area contributed by atoms with Gasteiger partial charge in [-0.2, -0.15) is 0 Å². The Labute approximate surface area is 115 Å². The van der Waals surface area contributed by atoms with Crippen molar-refractivity contribution in [1.29, 1.82) is 0 Å². The maximum absolute atomic E-state index is 12.5. The molecule has 2 saturated heterocycles. The lowest BCUT2D eigenvalue weighted by atomic mass is 9.93. The molecule has 0 aromatic heterocycles. The molecule has 0 aliphatic carbocycles. The van der Waals surface area contributed by atoms with E-state index in [1.165, 1.54) is 4.90 Å². The zero-order valence-electron chi connectivity index (χ0n) is 11.1. The fourth-order valence-electron chi connectivity index (χ4n) is 2.90. The number of carbonyl (C=O) groups excluding carboxylic acids is 1. The molecule has 7 heteroatoms. The molecule has 19 heavy (non-hydrogen) atoms. The van der Waals surface area contributed by atoms with Gasteiger partial charge >= 0.3 is 12.0 Å². The number of nitrogens with zero attached hydrogens (tertiary/aromatic N) is 2. The Balaban J connectivity index is 2.13. The summed E-state index contributed by atoms with van der Waals surface area (Å²) < 4.78 is 11.3. The number of rotatable bonds is 2. The van der Waals surface area contributed by atoms with Gasteiger partial charge in [0.1, 0.15) is 5.54 Å². The smallest absolute Gasteiger partial charge is 0.329 e. The van der Waals surface area contributed by atoms with Crippen LogP contribution in [0, 0.1) is 0 Å². The lowest BCUT2D eigenvalue weighted by Gasteiger charge is -2.38. The topological polar surface area (TPSA) is 77.9 Å². The van der Waals surface area contributed by atoms with E-state index in [2.05, 4.69) is 0 Å². The van der Waals surface area contributed by atoms with Crippen LogP contribution < -0.4 is 0 Å². The predicted octanol–water partition coefficient (Wildman–Crippen LogP) is 0.500. The average Bonchev–Trinajstić information content (AvgIpc) is 2.83. The van der Waals surface area contributed by atoms with Crippen molar-refractivity contribution in [3.63, 3.8) is 0 Å².